The van der Waals surface area contributed by atoms with Crippen LogP contribution in [0, 0.1) is 0 Å². The van der Waals surface area contributed by atoms with Crippen molar-refractivity contribution in [2.45, 2.75) is 0 Å². The molecule has 33 heavy (non-hydrogen) atoms. The quantitative estimate of drug-likeness (QED) is 0.373. The largest absolute Gasteiger partial charge is 0.378 e. The van der Waals surface area contributed by atoms with Crippen molar-refractivity contribution in [1.29, 1.82) is 0 Å². The zero-order valence-electron chi connectivity index (χ0n) is 17.8. The van der Waals surface area contributed by atoms with Crippen molar-refractivity contribution in [3.63, 3.8) is 0 Å². The first-order chi connectivity index (χ1) is 16.2. The highest BCUT2D eigenvalue weighted by atomic mass is 35.5. The molecule has 0 amide bonds. The van der Waals surface area contributed by atoms with Crippen molar-refractivity contribution in [3.8, 4) is 11.3 Å². The van der Waals surface area contributed by atoms with Crippen molar-refractivity contribution in [2.24, 2.45) is 0 Å². The SMILES string of the molecule is S=C(Nc1ccc(N2CCOCC2)nc1)Nc1ccc(Cl)c(-c2nccc3ccccc23)c1. The van der Waals surface area contributed by atoms with Gasteiger partial charge in [0.25, 0.3) is 0 Å². The molecular weight excluding hydrogens is 454 g/mol. The predicted molar refractivity (Wildman–Crippen MR) is 139 cm³/mol. The summed E-state index contributed by atoms with van der Waals surface area (Å²) >= 11 is 12.1. The van der Waals surface area contributed by atoms with E-state index in [1.807, 2.05) is 54.6 Å². The molecule has 1 aliphatic rings. The maximum Gasteiger partial charge on any atom is 0.175 e. The summed E-state index contributed by atoms with van der Waals surface area (Å²) in [4.78, 5) is 11.4. The molecule has 0 aliphatic carbocycles. The van der Waals surface area contributed by atoms with E-state index >= 15 is 0 Å². The van der Waals surface area contributed by atoms with Crippen molar-refractivity contribution < 1.29 is 4.74 Å². The van der Waals surface area contributed by atoms with E-state index in [1.165, 1.54) is 0 Å². The molecule has 1 aliphatic heterocycles. The number of hydrogen-bond acceptors (Lipinski definition) is 5. The molecule has 2 N–H and O–H groups in total. The van der Waals surface area contributed by atoms with Gasteiger partial charge in [0.1, 0.15) is 5.82 Å². The van der Waals surface area contributed by atoms with E-state index in [0.29, 0.717) is 10.1 Å². The van der Waals surface area contributed by atoms with Crippen LogP contribution in [-0.4, -0.2) is 41.4 Å². The lowest BCUT2D eigenvalue weighted by molar-refractivity contribution is 0.122. The first-order valence-electron chi connectivity index (χ1n) is 10.7. The van der Waals surface area contributed by atoms with E-state index in [9.17, 15) is 0 Å². The number of morpholine rings is 1. The number of pyridine rings is 2. The lowest BCUT2D eigenvalue weighted by Gasteiger charge is -2.27. The number of benzene rings is 2. The summed E-state index contributed by atoms with van der Waals surface area (Å²) in [6.07, 6.45) is 3.58. The average Bonchev–Trinajstić information content (AvgIpc) is 2.86. The summed E-state index contributed by atoms with van der Waals surface area (Å²) in [5, 5.41) is 9.68. The summed E-state index contributed by atoms with van der Waals surface area (Å²) in [6.45, 7) is 3.16. The highest BCUT2D eigenvalue weighted by Crippen LogP contribution is 2.33. The van der Waals surface area contributed by atoms with Crippen LogP contribution in [0.4, 0.5) is 17.2 Å². The number of fused-ring (bicyclic) bond motifs is 1. The van der Waals surface area contributed by atoms with E-state index < -0.39 is 0 Å². The molecular formula is C25H22ClN5OS. The van der Waals surface area contributed by atoms with Gasteiger partial charge in [-0.05, 0) is 54.0 Å². The highest BCUT2D eigenvalue weighted by Gasteiger charge is 2.13. The molecule has 2 aromatic carbocycles. The Kier molecular flexibility index (Phi) is 6.35. The third-order valence-corrected chi connectivity index (χ3v) is 6.03. The molecule has 1 saturated heterocycles. The minimum absolute atomic E-state index is 0.468. The predicted octanol–water partition coefficient (Wildman–Crippen LogP) is 5.60. The summed E-state index contributed by atoms with van der Waals surface area (Å²) in [7, 11) is 0. The van der Waals surface area contributed by atoms with E-state index in [-0.39, 0.29) is 0 Å². The molecule has 0 bridgehead atoms. The molecule has 4 aromatic rings. The van der Waals surface area contributed by atoms with Crippen molar-refractivity contribution in [1.82, 2.24) is 9.97 Å². The zero-order chi connectivity index (χ0) is 22.6. The molecule has 0 saturated carbocycles. The topological polar surface area (TPSA) is 62.3 Å². The van der Waals surface area contributed by atoms with Gasteiger partial charge in [0.15, 0.2) is 5.11 Å². The van der Waals surface area contributed by atoms with E-state index in [2.05, 4.69) is 31.6 Å². The number of rotatable bonds is 4. The van der Waals surface area contributed by atoms with Gasteiger partial charge in [-0.25, -0.2) is 4.98 Å². The van der Waals surface area contributed by atoms with Crippen LogP contribution in [0.3, 0.4) is 0 Å². The van der Waals surface area contributed by atoms with Gasteiger partial charge in [0.2, 0.25) is 0 Å². The Balaban J connectivity index is 1.31. The second kappa shape index (κ2) is 9.70. The second-order valence-corrected chi connectivity index (χ2v) is 8.47. The maximum absolute atomic E-state index is 6.54. The smallest absolute Gasteiger partial charge is 0.175 e. The molecule has 8 heteroatoms. The van der Waals surface area contributed by atoms with Gasteiger partial charge in [-0.3, -0.25) is 4.98 Å². The van der Waals surface area contributed by atoms with Gasteiger partial charge in [-0.15, -0.1) is 0 Å². The Morgan fingerprint density at radius 3 is 2.55 bits per heavy atom. The molecule has 0 radical (unpaired) electrons. The number of anilines is 3. The Bertz CT molecular complexity index is 1290. The number of aromatic nitrogens is 2. The van der Waals surface area contributed by atoms with E-state index in [1.54, 1.807) is 12.4 Å². The number of hydrogen-bond donors (Lipinski definition) is 2. The first-order valence-corrected chi connectivity index (χ1v) is 11.5. The van der Waals surface area contributed by atoms with Gasteiger partial charge in [-0.2, -0.15) is 0 Å². The Morgan fingerprint density at radius 1 is 0.939 bits per heavy atom. The minimum atomic E-state index is 0.468. The fraction of sp³-hybridized carbons (Fsp3) is 0.160. The third-order valence-electron chi connectivity index (χ3n) is 5.49. The van der Waals surface area contributed by atoms with E-state index in [0.717, 1.165) is 65.5 Å². The number of halogens is 1. The molecule has 6 nitrogen and oxygen atoms in total. The number of ether oxygens (including phenoxy) is 1. The van der Waals surface area contributed by atoms with Crippen molar-refractivity contribution in [3.05, 3.63) is 78.1 Å². The standard InChI is InChI=1S/C25H22ClN5OS/c26-22-7-5-18(15-21(22)24-20-4-2-1-3-17(20)9-10-27-24)29-25(33)30-19-6-8-23(28-16-19)31-11-13-32-14-12-31/h1-10,15-16H,11-14H2,(H2,29,30,33). The zero-order valence-corrected chi connectivity index (χ0v) is 19.4. The van der Waals surface area contributed by atoms with Gasteiger partial charge >= 0.3 is 0 Å². The Labute approximate surface area is 202 Å². The van der Waals surface area contributed by atoms with Crippen molar-refractivity contribution >= 4 is 56.9 Å². The van der Waals surface area contributed by atoms with Crippen LogP contribution in [0.5, 0.6) is 0 Å². The Morgan fingerprint density at radius 2 is 1.73 bits per heavy atom. The maximum atomic E-state index is 6.54. The van der Waals surface area contributed by atoms with Gasteiger partial charge in [-0.1, -0.05) is 35.9 Å². The normalized spacial score (nSPS) is 13.7. The summed E-state index contributed by atoms with van der Waals surface area (Å²) in [5.41, 5.74) is 3.32. The third kappa shape index (κ3) is 4.90. The first kappa shape index (κ1) is 21.6. The second-order valence-electron chi connectivity index (χ2n) is 7.66. The van der Waals surface area contributed by atoms with Crippen LogP contribution in [0.2, 0.25) is 5.02 Å². The number of thiocarbonyl (C=S) groups is 1. The number of nitrogens with zero attached hydrogens (tertiary/aromatic N) is 3. The Hall–Kier alpha value is -3.26. The van der Waals surface area contributed by atoms with Gasteiger partial charge in [0, 0.05) is 35.9 Å². The lowest BCUT2D eigenvalue weighted by atomic mass is 10.0. The van der Waals surface area contributed by atoms with Crippen LogP contribution < -0.4 is 15.5 Å². The van der Waals surface area contributed by atoms with Crippen molar-refractivity contribution in [2.75, 3.05) is 41.8 Å². The molecule has 1 fully saturated rings. The fourth-order valence-electron chi connectivity index (χ4n) is 3.85. The monoisotopic (exact) mass is 475 g/mol. The van der Waals surface area contributed by atoms with Gasteiger partial charge in [0.05, 0.1) is 35.8 Å². The molecule has 2 aromatic heterocycles. The lowest BCUT2D eigenvalue weighted by Crippen LogP contribution is -2.36. The average molecular weight is 476 g/mol. The molecule has 0 unspecified atom stereocenters. The summed E-state index contributed by atoms with van der Waals surface area (Å²) < 4.78 is 5.40. The van der Waals surface area contributed by atoms with E-state index in [4.69, 9.17) is 28.6 Å². The fourth-order valence-corrected chi connectivity index (χ4v) is 4.29. The van der Waals surface area contributed by atoms with Gasteiger partial charge < -0.3 is 20.3 Å². The summed E-state index contributed by atoms with van der Waals surface area (Å²) in [6, 6.07) is 19.8. The molecule has 0 spiro atoms. The van der Waals surface area contributed by atoms with Crippen LogP contribution in [0.15, 0.2) is 73.1 Å². The van der Waals surface area contributed by atoms with Crippen LogP contribution in [0.1, 0.15) is 0 Å². The highest BCUT2D eigenvalue weighted by molar-refractivity contribution is 7.80. The van der Waals surface area contributed by atoms with Crippen LogP contribution >= 0.6 is 23.8 Å². The molecule has 0 atom stereocenters. The number of nitrogens with one attached hydrogen (secondary N) is 2. The minimum Gasteiger partial charge on any atom is -0.378 e. The van der Waals surface area contributed by atoms with Crippen LogP contribution in [0.25, 0.3) is 22.0 Å². The molecule has 5 rings (SSSR count). The molecule has 166 valence electrons. The molecule has 3 heterocycles. The summed E-state index contributed by atoms with van der Waals surface area (Å²) in [5.74, 6) is 0.938. The van der Waals surface area contributed by atoms with Crippen LogP contribution in [-0.2, 0) is 4.74 Å².